The summed E-state index contributed by atoms with van der Waals surface area (Å²) in [6.45, 7) is 7.13. The van der Waals surface area contributed by atoms with Crippen LogP contribution in [0.25, 0.3) is 0 Å². The first kappa shape index (κ1) is 17.9. The van der Waals surface area contributed by atoms with E-state index in [4.69, 9.17) is 4.74 Å². The molecule has 8 nitrogen and oxygen atoms in total. The van der Waals surface area contributed by atoms with E-state index in [2.05, 4.69) is 4.98 Å². The molecule has 3 atom stereocenters. The van der Waals surface area contributed by atoms with Gasteiger partial charge in [0.2, 0.25) is 0 Å². The predicted octanol–water partition coefficient (Wildman–Crippen LogP) is -0.740. The lowest BCUT2D eigenvalue weighted by Crippen LogP contribution is -2.58. The molecule has 0 saturated carbocycles. The minimum Gasteiger partial charge on any atom is -0.393 e. The van der Waals surface area contributed by atoms with Crippen molar-refractivity contribution < 1.29 is 20.1 Å². The van der Waals surface area contributed by atoms with Crippen LogP contribution in [0.4, 0.5) is 0 Å². The van der Waals surface area contributed by atoms with Gasteiger partial charge in [-0.2, -0.15) is 0 Å². The van der Waals surface area contributed by atoms with E-state index in [1.807, 2.05) is 0 Å². The molecular formula is C15H24N2O6. The van der Waals surface area contributed by atoms with Gasteiger partial charge in [0, 0.05) is 11.6 Å². The van der Waals surface area contributed by atoms with Gasteiger partial charge >= 0.3 is 5.69 Å². The second-order valence-corrected chi connectivity index (χ2v) is 7.11. The Morgan fingerprint density at radius 1 is 1.17 bits per heavy atom. The largest absolute Gasteiger partial charge is 0.393 e. The van der Waals surface area contributed by atoms with Gasteiger partial charge in [0.15, 0.2) is 5.72 Å². The number of hydrogen-bond acceptors (Lipinski definition) is 6. The standard InChI is InChI=1S/C15H24N2O6/c1-12(2)14(4,22)13(3,8-19)23-15(12,5)17-6-9(7-18)10(20)16-11(17)21/h6,18-19,22H,7-8H2,1-5H3,(H,16,20,21). The number of aromatic amines is 1. The molecular weight excluding hydrogens is 304 g/mol. The average Bonchev–Trinajstić information content (AvgIpc) is 2.56. The van der Waals surface area contributed by atoms with Gasteiger partial charge in [0.1, 0.15) is 11.2 Å². The van der Waals surface area contributed by atoms with E-state index in [9.17, 15) is 24.9 Å². The molecule has 8 heteroatoms. The number of nitrogens with zero attached hydrogens (tertiary/aromatic N) is 1. The minimum atomic E-state index is -1.47. The molecule has 23 heavy (non-hydrogen) atoms. The molecule has 0 aromatic carbocycles. The third-order valence-corrected chi connectivity index (χ3v) is 5.78. The van der Waals surface area contributed by atoms with E-state index >= 15 is 0 Å². The van der Waals surface area contributed by atoms with Crippen molar-refractivity contribution in [3.05, 3.63) is 32.6 Å². The molecule has 1 saturated heterocycles. The van der Waals surface area contributed by atoms with Crippen molar-refractivity contribution in [1.29, 1.82) is 0 Å². The van der Waals surface area contributed by atoms with Crippen molar-refractivity contribution in [2.45, 2.75) is 58.2 Å². The molecule has 1 aliphatic heterocycles. The zero-order chi connectivity index (χ0) is 17.8. The van der Waals surface area contributed by atoms with E-state index in [-0.39, 0.29) is 5.56 Å². The highest BCUT2D eigenvalue weighted by atomic mass is 16.6. The topological polar surface area (TPSA) is 125 Å². The van der Waals surface area contributed by atoms with Gasteiger partial charge in [0.05, 0.1) is 18.8 Å². The Labute approximate surface area is 133 Å². The van der Waals surface area contributed by atoms with Gasteiger partial charge in [-0.15, -0.1) is 0 Å². The van der Waals surface area contributed by atoms with Crippen LogP contribution in [0.2, 0.25) is 0 Å². The van der Waals surface area contributed by atoms with E-state index in [1.165, 1.54) is 13.1 Å². The first-order valence-electron chi connectivity index (χ1n) is 7.37. The molecule has 2 heterocycles. The van der Waals surface area contributed by atoms with Crippen molar-refractivity contribution in [3.8, 4) is 0 Å². The highest BCUT2D eigenvalue weighted by Gasteiger charge is 2.70. The molecule has 0 bridgehead atoms. The van der Waals surface area contributed by atoms with Gasteiger partial charge in [-0.3, -0.25) is 14.3 Å². The average molecular weight is 328 g/mol. The van der Waals surface area contributed by atoms with Crippen LogP contribution in [-0.2, 0) is 17.1 Å². The Morgan fingerprint density at radius 2 is 1.74 bits per heavy atom. The fourth-order valence-corrected chi connectivity index (χ4v) is 3.26. The van der Waals surface area contributed by atoms with Crippen LogP contribution in [0.1, 0.15) is 40.2 Å². The maximum absolute atomic E-state index is 12.3. The number of rotatable bonds is 3. The molecule has 4 N–H and O–H groups in total. The molecule has 130 valence electrons. The fourth-order valence-electron chi connectivity index (χ4n) is 3.26. The van der Waals surface area contributed by atoms with Crippen LogP contribution in [0, 0.1) is 5.41 Å². The van der Waals surface area contributed by atoms with Crippen LogP contribution in [0.3, 0.4) is 0 Å². The van der Waals surface area contributed by atoms with Gasteiger partial charge in [0.25, 0.3) is 5.56 Å². The fraction of sp³-hybridized carbons (Fsp3) is 0.733. The lowest BCUT2D eigenvalue weighted by molar-refractivity contribution is -0.182. The van der Waals surface area contributed by atoms with Crippen LogP contribution < -0.4 is 11.2 Å². The smallest absolute Gasteiger partial charge is 0.330 e. The number of aromatic nitrogens is 2. The summed E-state index contributed by atoms with van der Waals surface area (Å²) < 4.78 is 7.13. The maximum atomic E-state index is 12.3. The quantitative estimate of drug-likeness (QED) is 0.579. The first-order chi connectivity index (χ1) is 10.4. The van der Waals surface area contributed by atoms with Crippen LogP contribution in [0.5, 0.6) is 0 Å². The third kappa shape index (κ3) is 2.06. The number of H-pyrrole nitrogens is 1. The summed E-state index contributed by atoms with van der Waals surface area (Å²) in [5.74, 6) is 0. The normalized spacial score (nSPS) is 36.3. The van der Waals surface area contributed by atoms with E-state index in [1.54, 1.807) is 27.7 Å². The molecule has 0 amide bonds. The van der Waals surface area contributed by atoms with Crippen molar-refractivity contribution in [2.75, 3.05) is 6.61 Å². The molecule has 1 fully saturated rings. The number of ether oxygens (including phenoxy) is 1. The zero-order valence-corrected chi connectivity index (χ0v) is 14.0. The highest BCUT2D eigenvalue weighted by molar-refractivity contribution is 5.17. The second-order valence-electron chi connectivity index (χ2n) is 7.11. The molecule has 3 unspecified atom stereocenters. The van der Waals surface area contributed by atoms with Crippen LogP contribution in [-0.4, -0.2) is 42.7 Å². The summed E-state index contributed by atoms with van der Waals surface area (Å²) in [4.78, 5) is 26.1. The lowest BCUT2D eigenvalue weighted by Gasteiger charge is -2.43. The Bertz CT molecular complexity index is 734. The Hall–Kier alpha value is -1.48. The highest BCUT2D eigenvalue weighted by Crippen LogP contribution is 2.59. The van der Waals surface area contributed by atoms with Crippen molar-refractivity contribution in [1.82, 2.24) is 9.55 Å². The molecule has 1 aromatic heterocycles. The summed E-state index contributed by atoms with van der Waals surface area (Å²) in [7, 11) is 0. The molecule has 0 aliphatic carbocycles. The van der Waals surface area contributed by atoms with Crippen LogP contribution >= 0.6 is 0 Å². The van der Waals surface area contributed by atoms with Crippen LogP contribution in [0.15, 0.2) is 15.8 Å². The lowest BCUT2D eigenvalue weighted by atomic mass is 9.65. The molecule has 1 aliphatic rings. The minimum absolute atomic E-state index is 0.00229. The number of hydrogen-bond donors (Lipinski definition) is 4. The molecule has 0 radical (unpaired) electrons. The summed E-state index contributed by atoms with van der Waals surface area (Å²) >= 11 is 0. The van der Waals surface area contributed by atoms with Gasteiger partial charge < -0.3 is 20.1 Å². The number of nitrogens with one attached hydrogen (secondary N) is 1. The first-order valence-corrected chi connectivity index (χ1v) is 7.37. The van der Waals surface area contributed by atoms with E-state index in [0.29, 0.717) is 0 Å². The summed E-state index contributed by atoms with van der Waals surface area (Å²) in [6.07, 6.45) is 1.22. The third-order valence-electron chi connectivity index (χ3n) is 5.78. The summed E-state index contributed by atoms with van der Waals surface area (Å²) in [5, 5.41) is 30.0. The predicted molar refractivity (Wildman–Crippen MR) is 81.9 cm³/mol. The Balaban J connectivity index is 2.77. The summed E-state index contributed by atoms with van der Waals surface area (Å²) in [6, 6.07) is 0. The zero-order valence-electron chi connectivity index (χ0n) is 14.0. The van der Waals surface area contributed by atoms with Gasteiger partial charge in [-0.1, -0.05) is 13.8 Å². The molecule has 2 rings (SSSR count). The van der Waals surface area contributed by atoms with E-state index < -0.39 is 46.8 Å². The SMILES string of the molecule is CC1(CO)OC(C)(n2cc(CO)c(=O)[nH]c2=O)C(C)(C)C1(C)O. The monoisotopic (exact) mass is 328 g/mol. The van der Waals surface area contributed by atoms with Gasteiger partial charge in [-0.25, -0.2) is 4.79 Å². The van der Waals surface area contributed by atoms with E-state index in [0.717, 1.165) is 4.57 Å². The Morgan fingerprint density at radius 3 is 2.17 bits per heavy atom. The van der Waals surface area contributed by atoms with Gasteiger partial charge in [-0.05, 0) is 20.8 Å². The molecule has 1 aromatic rings. The Kier molecular flexibility index (Phi) is 3.89. The number of aliphatic hydroxyl groups excluding tert-OH is 2. The van der Waals surface area contributed by atoms with Crippen molar-refractivity contribution in [3.63, 3.8) is 0 Å². The summed E-state index contributed by atoms with van der Waals surface area (Å²) in [5.41, 5.74) is -6.56. The maximum Gasteiger partial charge on any atom is 0.330 e. The molecule has 0 spiro atoms. The second kappa shape index (κ2) is 5.01. The van der Waals surface area contributed by atoms with Crippen molar-refractivity contribution in [2.24, 2.45) is 5.41 Å². The number of aliphatic hydroxyl groups is 3. The van der Waals surface area contributed by atoms with Crippen molar-refractivity contribution >= 4 is 0 Å².